The Bertz CT molecular complexity index is 675. The first-order valence-corrected chi connectivity index (χ1v) is 7.38. The van der Waals surface area contributed by atoms with Crippen LogP contribution < -0.4 is 10.6 Å². The van der Waals surface area contributed by atoms with Gasteiger partial charge in [0.2, 0.25) is 5.91 Å². The number of carbonyl (C=O) groups is 1. The molecule has 3 rings (SSSR count). The smallest absolute Gasteiger partial charge is 0.241 e. The predicted molar refractivity (Wildman–Crippen MR) is 92.4 cm³/mol. The third-order valence-corrected chi connectivity index (χ3v) is 3.49. The number of hydrogen-bond acceptors (Lipinski definition) is 4. The first-order chi connectivity index (χ1) is 10.8. The first kappa shape index (κ1) is 17.1. The molecule has 1 aliphatic rings. The zero-order valence-corrected chi connectivity index (χ0v) is 13.4. The molecule has 1 aromatic heterocycles. The molecule has 120 valence electrons. The summed E-state index contributed by atoms with van der Waals surface area (Å²) in [6.45, 7) is 1.28. The molecule has 2 N–H and O–H groups in total. The highest BCUT2D eigenvalue weighted by molar-refractivity contribution is 5.85. The normalized spacial score (nSPS) is 15.9. The van der Waals surface area contributed by atoms with Crippen molar-refractivity contribution in [3.8, 4) is 11.3 Å². The van der Waals surface area contributed by atoms with Crippen molar-refractivity contribution in [2.24, 2.45) is 0 Å². The summed E-state index contributed by atoms with van der Waals surface area (Å²) in [6.07, 6.45) is 6.20. The second-order valence-electron chi connectivity index (χ2n) is 5.08. The minimum atomic E-state index is -0.212. The fraction of sp³-hybridized carbons (Fsp3) is 0.235. The maximum atomic E-state index is 11.9. The number of amides is 1. The minimum Gasteiger partial charge on any atom is -0.354 e. The number of carbonyl (C=O) groups excluding carboxylic acids is 1. The standard InChI is InChI=1S/C17H18N4O.ClH/c22-17(15-7-4-10-18-15)20-12-9-16-19-11-8-14(21-16)13-5-2-1-3-6-13;/h1-8,11,15,18H,9-10,12H2,(H,20,22);1H. The van der Waals surface area contributed by atoms with Gasteiger partial charge in [-0.3, -0.25) is 10.1 Å². The Hall–Kier alpha value is -2.24. The van der Waals surface area contributed by atoms with Crippen molar-refractivity contribution in [3.05, 3.63) is 60.6 Å². The van der Waals surface area contributed by atoms with Crippen LogP contribution in [0.1, 0.15) is 5.82 Å². The van der Waals surface area contributed by atoms with Gasteiger partial charge in [0.1, 0.15) is 11.9 Å². The molecule has 1 unspecified atom stereocenters. The van der Waals surface area contributed by atoms with Gasteiger partial charge in [0.05, 0.1) is 5.69 Å². The number of hydrogen-bond donors (Lipinski definition) is 2. The molecule has 0 aliphatic carbocycles. The van der Waals surface area contributed by atoms with Crippen LogP contribution in [0.2, 0.25) is 0 Å². The lowest BCUT2D eigenvalue weighted by Gasteiger charge is -2.10. The van der Waals surface area contributed by atoms with Crippen LogP contribution >= 0.6 is 12.4 Å². The fourth-order valence-electron chi connectivity index (χ4n) is 2.34. The van der Waals surface area contributed by atoms with Crippen LogP contribution in [-0.2, 0) is 11.2 Å². The highest BCUT2D eigenvalue weighted by Crippen LogP contribution is 2.15. The van der Waals surface area contributed by atoms with Gasteiger partial charge in [-0.2, -0.15) is 0 Å². The van der Waals surface area contributed by atoms with Crippen LogP contribution in [-0.4, -0.2) is 35.0 Å². The lowest BCUT2D eigenvalue weighted by Crippen LogP contribution is -2.41. The Labute approximate surface area is 141 Å². The van der Waals surface area contributed by atoms with E-state index in [0.717, 1.165) is 23.6 Å². The quantitative estimate of drug-likeness (QED) is 0.820. The Morgan fingerprint density at radius 2 is 2.09 bits per heavy atom. The Kier molecular flexibility index (Phi) is 6.26. The summed E-state index contributed by atoms with van der Waals surface area (Å²) in [6, 6.07) is 11.7. The van der Waals surface area contributed by atoms with Crippen LogP contribution in [0.3, 0.4) is 0 Å². The van der Waals surface area contributed by atoms with E-state index in [4.69, 9.17) is 0 Å². The molecule has 2 aromatic rings. The zero-order chi connectivity index (χ0) is 15.2. The molecule has 1 amide bonds. The lowest BCUT2D eigenvalue weighted by molar-refractivity contribution is -0.121. The monoisotopic (exact) mass is 330 g/mol. The largest absolute Gasteiger partial charge is 0.354 e. The average Bonchev–Trinajstić information content (AvgIpc) is 3.10. The summed E-state index contributed by atoms with van der Waals surface area (Å²) >= 11 is 0. The molecular weight excluding hydrogens is 312 g/mol. The third-order valence-electron chi connectivity index (χ3n) is 3.49. The van der Waals surface area contributed by atoms with E-state index in [9.17, 15) is 4.79 Å². The van der Waals surface area contributed by atoms with Crippen LogP contribution in [0.25, 0.3) is 11.3 Å². The molecule has 0 saturated heterocycles. The van der Waals surface area contributed by atoms with Gasteiger partial charge in [-0.1, -0.05) is 42.5 Å². The summed E-state index contributed by atoms with van der Waals surface area (Å²) in [4.78, 5) is 20.7. The number of nitrogens with one attached hydrogen (secondary N) is 2. The van der Waals surface area contributed by atoms with Crippen molar-refractivity contribution in [3.63, 3.8) is 0 Å². The lowest BCUT2D eigenvalue weighted by atomic mass is 10.1. The van der Waals surface area contributed by atoms with Crippen molar-refractivity contribution >= 4 is 18.3 Å². The second-order valence-corrected chi connectivity index (χ2v) is 5.08. The van der Waals surface area contributed by atoms with Gasteiger partial charge < -0.3 is 5.32 Å². The third kappa shape index (κ3) is 4.61. The van der Waals surface area contributed by atoms with E-state index in [1.54, 1.807) is 6.20 Å². The van der Waals surface area contributed by atoms with Crippen molar-refractivity contribution in [1.29, 1.82) is 0 Å². The highest BCUT2D eigenvalue weighted by atomic mass is 35.5. The summed E-state index contributed by atoms with van der Waals surface area (Å²) in [5.74, 6) is 0.726. The topological polar surface area (TPSA) is 66.9 Å². The summed E-state index contributed by atoms with van der Waals surface area (Å²) in [5, 5.41) is 5.98. The maximum Gasteiger partial charge on any atom is 0.241 e. The molecule has 1 aromatic carbocycles. The van der Waals surface area contributed by atoms with Crippen molar-refractivity contribution < 1.29 is 4.79 Å². The minimum absolute atomic E-state index is 0. The summed E-state index contributed by atoms with van der Waals surface area (Å²) < 4.78 is 0. The molecule has 0 radical (unpaired) electrons. The Morgan fingerprint density at radius 1 is 1.26 bits per heavy atom. The van der Waals surface area contributed by atoms with Gasteiger partial charge in [0, 0.05) is 31.3 Å². The molecule has 5 nitrogen and oxygen atoms in total. The first-order valence-electron chi connectivity index (χ1n) is 7.38. The summed E-state index contributed by atoms with van der Waals surface area (Å²) in [7, 11) is 0. The van der Waals surface area contributed by atoms with Gasteiger partial charge in [0.15, 0.2) is 0 Å². The van der Waals surface area contributed by atoms with Crippen LogP contribution in [0, 0.1) is 0 Å². The average molecular weight is 331 g/mol. The molecule has 0 fully saturated rings. The van der Waals surface area contributed by atoms with Crippen molar-refractivity contribution in [2.75, 3.05) is 13.1 Å². The number of nitrogens with zero attached hydrogens (tertiary/aromatic N) is 2. The number of rotatable bonds is 5. The zero-order valence-electron chi connectivity index (χ0n) is 12.6. The Balaban J connectivity index is 0.00000192. The van der Waals surface area contributed by atoms with Gasteiger partial charge in [-0.25, -0.2) is 9.97 Å². The maximum absolute atomic E-state index is 11.9. The van der Waals surface area contributed by atoms with E-state index in [2.05, 4.69) is 20.6 Å². The van der Waals surface area contributed by atoms with Crippen molar-refractivity contribution in [1.82, 2.24) is 20.6 Å². The van der Waals surface area contributed by atoms with Gasteiger partial charge in [-0.05, 0) is 6.07 Å². The SMILES string of the molecule is Cl.O=C(NCCc1nccc(-c2ccccc2)n1)C1C=CCN1. The number of aromatic nitrogens is 2. The van der Waals surface area contributed by atoms with Gasteiger partial charge >= 0.3 is 0 Å². The summed E-state index contributed by atoms with van der Waals surface area (Å²) in [5.41, 5.74) is 1.97. The van der Waals surface area contributed by atoms with Gasteiger partial charge in [0.25, 0.3) is 0 Å². The van der Waals surface area contributed by atoms with Crippen LogP contribution in [0.15, 0.2) is 54.7 Å². The van der Waals surface area contributed by atoms with Crippen LogP contribution in [0.4, 0.5) is 0 Å². The molecule has 2 heterocycles. The predicted octanol–water partition coefficient (Wildman–Crippen LogP) is 1.75. The van der Waals surface area contributed by atoms with E-state index in [1.807, 2.05) is 48.6 Å². The van der Waals surface area contributed by atoms with E-state index < -0.39 is 0 Å². The molecule has 6 heteroatoms. The molecule has 0 bridgehead atoms. The molecule has 23 heavy (non-hydrogen) atoms. The molecule has 1 aliphatic heterocycles. The highest BCUT2D eigenvalue weighted by Gasteiger charge is 2.16. The fourth-order valence-corrected chi connectivity index (χ4v) is 2.34. The molecule has 0 spiro atoms. The Morgan fingerprint density at radius 3 is 2.83 bits per heavy atom. The second kappa shape index (κ2) is 8.41. The van der Waals surface area contributed by atoms with Crippen molar-refractivity contribution in [2.45, 2.75) is 12.5 Å². The molecular formula is C17H19ClN4O. The number of halogens is 1. The van der Waals surface area contributed by atoms with E-state index in [0.29, 0.717) is 13.0 Å². The number of benzene rings is 1. The van der Waals surface area contributed by atoms with E-state index in [1.165, 1.54) is 0 Å². The molecule has 0 saturated carbocycles. The van der Waals surface area contributed by atoms with Crippen LogP contribution in [0.5, 0.6) is 0 Å². The van der Waals surface area contributed by atoms with E-state index in [-0.39, 0.29) is 24.4 Å². The molecule has 1 atom stereocenters. The van der Waals surface area contributed by atoms with Gasteiger partial charge in [-0.15, -0.1) is 12.4 Å². The van der Waals surface area contributed by atoms with E-state index >= 15 is 0 Å².